The number of carbonyl (C=O) groups excluding carboxylic acids is 4. The van der Waals surface area contributed by atoms with E-state index >= 15 is 0 Å². The summed E-state index contributed by atoms with van der Waals surface area (Å²) in [6.07, 6.45) is 1.31. The van der Waals surface area contributed by atoms with E-state index in [4.69, 9.17) is 14.2 Å². The van der Waals surface area contributed by atoms with Gasteiger partial charge in [0.2, 0.25) is 0 Å². The van der Waals surface area contributed by atoms with Crippen LogP contribution in [-0.4, -0.2) is 44.3 Å². The van der Waals surface area contributed by atoms with Crippen molar-refractivity contribution in [3.05, 3.63) is 64.7 Å². The summed E-state index contributed by atoms with van der Waals surface area (Å²) in [4.78, 5) is 45.4. The van der Waals surface area contributed by atoms with E-state index in [0.717, 1.165) is 0 Å². The number of hydrogen-bond acceptors (Lipinski definition) is 7. The van der Waals surface area contributed by atoms with Crippen molar-refractivity contribution in [2.45, 2.75) is 6.92 Å². The summed E-state index contributed by atoms with van der Waals surface area (Å²) < 4.78 is 15.5. The Bertz CT molecular complexity index is 825. The minimum atomic E-state index is -0.572. The van der Waals surface area contributed by atoms with Crippen molar-refractivity contribution in [2.75, 3.05) is 19.8 Å². The highest BCUT2D eigenvalue weighted by atomic mass is 16.6. The number of esters is 2. The predicted octanol–water partition coefficient (Wildman–Crippen LogP) is 2.72. The van der Waals surface area contributed by atoms with E-state index in [1.165, 1.54) is 42.5 Å². The zero-order valence-corrected chi connectivity index (χ0v) is 14.7. The molecular formula is C20H18O7. The molecule has 0 aliphatic rings. The fourth-order valence-corrected chi connectivity index (χ4v) is 2.18. The minimum absolute atomic E-state index is 0.0210. The maximum atomic E-state index is 11.9. The van der Waals surface area contributed by atoms with E-state index in [-0.39, 0.29) is 31.1 Å². The zero-order valence-electron chi connectivity index (χ0n) is 14.7. The second kappa shape index (κ2) is 9.86. The first-order valence-corrected chi connectivity index (χ1v) is 8.20. The average Bonchev–Trinajstić information content (AvgIpc) is 2.71. The molecule has 0 heterocycles. The normalized spacial score (nSPS) is 9.96. The average molecular weight is 370 g/mol. The van der Waals surface area contributed by atoms with Gasteiger partial charge in [-0.15, -0.1) is 0 Å². The van der Waals surface area contributed by atoms with Gasteiger partial charge in [0.15, 0.2) is 0 Å². The van der Waals surface area contributed by atoms with Gasteiger partial charge in [-0.25, -0.2) is 9.59 Å². The second-order valence-corrected chi connectivity index (χ2v) is 5.32. The molecule has 0 bridgehead atoms. The fraction of sp³-hybridized carbons (Fsp3) is 0.200. The lowest BCUT2D eigenvalue weighted by Gasteiger charge is -2.12. The molecule has 0 saturated carbocycles. The van der Waals surface area contributed by atoms with Crippen LogP contribution >= 0.6 is 0 Å². The van der Waals surface area contributed by atoms with Crippen LogP contribution in [0.5, 0.6) is 5.75 Å². The molecule has 0 fully saturated rings. The van der Waals surface area contributed by atoms with Gasteiger partial charge in [0.1, 0.15) is 37.1 Å². The van der Waals surface area contributed by atoms with Gasteiger partial charge in [-0.3, -0.25) is 9.59 Å². The summed E-state index contributed by atoms with van der Waals surface area (Å²) in [5.41, 5.74) is 1.27. The lowest BCUT2D eigenvalue weighted by molar-refractivity contribution is 0.0438. The Morgan fingerprint density at radius 1 is 0.852 bits per heavy atom. The van der Waals surface area contributed by atoms with Gasteiger partial charge in [0.25, 0.3) is 0 Å². The summed E-state index contributed by atoms with van der Waals surface area (Å²) in [5, 5.41) is 0. The van der Waals surface area contributed by atoms with Crippen LogP contribution in [-0.2, 0) is 9.47 Å². The van der Waals surface area contributed by atoms with E-state index in [1.54, 1.807) is 6.92 Å². The molecular weight excluding hydrogens is 352 g/mol. The molecule has 0 atom stereocenters. The largest absolute Gasteiger partial charge is 0.489 e. The van der Waals surface area contributed by atoms with Gasteiger partial charge in [0, 0.05) is 11.1 Å². The van der Waals surface area contributed by atoms with E-state index in [0.29, 0.717) is 29.3 Å². The van der Waals surface area contributed by atoms with E-state index < -0.39 is 11.9 Å². The summed E-state index contributed by atoms with van der Waals surface area (Å²) in [6.45, 7) is 1.79. The van der Waals surface area contributed by atoms with E-state index in [2.05, 4.69) is 0 Å². The predicted molar refractivity (Wildman–Crippen MR) is 95.4 cm³/mol. The van der Waals surface area contributed by atoms with Crippen molar-refractivity contribution in [3.8, 4) is 5.75 Å². The van der Waals surface area contributed by atoms with Gasteiger partial charge < -0.3 is 14.2 Å². The molecule has 0 aromatic heterocycles. The summed E-state index contributed by atoms with van der Waals surface area (Å²) >= 11 is 0. The van der Waals surface area contributed by atoms with Crippen molar-refractivity contribution >= 4 is 24.5 Å². The van der Waals surface area contributed by atoms with Crippen LogP contribution in [0.1, 0.15) is 48.4 Å². The van der Waals surface area contributed by atoms with Crippen LogP contribution in [0.3, 0.4) is 0 Å². The van der Waals surface area contributed by atoms with Gasteiger partial charge in [-0.1, -0.05) is 18.2 Å². The Morgan fingerprint density at radius 2 is 1.52 bits per heavy atom. The maximum Gasteiger partial charge on any atom is 0.341 e. The highest BCUT2D eigenvalue weighted by Gasteiger charge is 2.15. The molecule has 0 aliphatic heterocycles. The molecule has 2 aromatic carbocycles. The SMILES string of the molecule is CCOC(=O)c1ccc(C=O)cc1OCCOC(=O)c1ccc(C=O)cc1. The van der Waals surface area contributed by atoms with Gasteiger partial charge in [-0.05, 0) is 31.2 Å². The van der Waals surface area contributed by atoms with Crippen molar-refractivity contribution in [2.24, 2.45) is 0 Å². The Hall–Kier alpha value is -3.48. The Labute approximate surface area is 155 Å². The minimum Gasteiger partial charge on any atom is -0.489 e. The Balaban J connectivity index is 1.95. The monoisotopic (exact) mass is 370 g/mol. The standard InChI is InChI=1S/C20H18O7/c1-2-25-20(24)17-8-5-15(13-22)11-18(17)26-9-10-27-19(23)16-6-3-14(12-21)4-7-16/h3-8,11-13H,2,9-10H2,1H3. The summed E-state index contributed by atoms with van der Waals surface area (Å²) in [7, 11) is 0. The zero-order chi connectivity index (χ0) is 19.6. The van der Waals surface area contributed by atoms with Crippen LogP contribution in [0.15, 0.2) is 42.5 Å². The third-order valence-electron chi connectivity index (χ3n) is 3.49. The van der Waals surface area contributed by atoms with E-state index in [9.17, 15) is 19.2 Å². The molecule has 27 heavy (non-hydrogen) atoms. The lowest BCUT2D eigenvalue weighted by atomic mass is 10.1. The second-order valence-electron chi connectivity index (χ2n) is 5.32. The maximum absolute atomic E-state index is 11.9. The van der Waals surface area contributed by atoms with Crippen molar-refractivity contribution in [3.63, 3.8) is 0 Å². The van der Waals surface area contributed by atoms with E-state index in [1.807, 2.05) is 0 Å². The molecule has 0 saturated heterocycles. The number of aldehydes is 2. The fourth-order valence-electron chi connectivity index (χ4n) is 2.18. The smallest absolute Gasteiger partial charge is 0.341 e. The number of carbonyl (C=O) groups is 4. The van der Waals surface area contributed by atoms with Gasteiger partial charge in [-0.2, -0.15) is 0 Å². The molecule has 0 radical (unpaired) electrons. The number of benzene rings is 2. The van der Waals surface area contributed by atoms with Crippen molar-refractivity contribution in [1.29, 1.82) is 0 Å². The molecule has 0 aliphatic carbocycles. The van der Waals surface area contributed by atoms with Crippen molar-refractivity contribution in [1.82, 2.24) is 0 Å². The number of ether oxygens (including phenoxy) is 3. The topological polar surface area (TPSA) is 96.0 Å². The molecule has 7 heteroatoms. The van der Waals surface area contributed by atoms with Crippen LogP contribution in [0.25, 0.3) is 0 Å². The van der Waals surface area contributed by atoms with Crippen LogP contribution < -0.4 is 4.74 Å². The molecule has 2 aromatic rings. The molecule has 0 N–H and O–H groups in total. The number of rotatable bonds is 9. The van der Waals surface area contributed by atoms with Crippen LogP contribution in [0.2, 0.25) is 0 Å². The third-order valence-corrected chi connectivity index (χ3v) is 3.49. The number of hydrogen-bond donors (Lipinski definition) is 0. The summed E-state index contributed by atoms with van der Waals surface area (Å²) in [5.74, 6) is -0.968. The molecule has 2 rings (SSSR count). The van der Waals surface area contributed by atoms with Gasteiger partial charge >= 0.3 is 11.9 Å². The first-order chi connectivity index (χ1) is 13.1. The molecule has 0 spiro atoms. The Kier molecular flexibility index (Phi) is 7.25. The summed E-state index contributed by atoms with van der Waals surface area (Å²) in [6, 6.07) is 10.3. The van der Waals surface area contributed by atoms with Crippen LogP contribution in [0, 0.1) is 0 Å². The molecule has 140 valence electrons. The highest BCUT2D eigenvalue weighted by molar-refractivity contribution is 5.94. The van der Waals surface area contributed by atoms with Gasteiger partial charge in [0.05, 0.1) is 12.2 Å². The van der Waals surface area contributed by atoms with Crippen molar-refractivity contribution < 1.29 is 33.4 Å². The van der Waals surface area contributed by atoms with Crippen LogP contribution in [0.4, 0.5) is 0 Å². The molecule has 7 nitrogen and oxygen atoms in total. The lowest BCUT2D eigenvalue weighted by Crippen LogP contribution is -2.14. The highest BCUT2D eigenvalue weighted by Crippen LogP contribution is 2.21. The molecule has 0 amide bonds. The molecule has 0 unspecified atom stereocenters. The Morgan fingerprint density at radius 3 is 2.15 bits per heavy atom. The first-order valence-electron chi connectivity index (χ1n) is 8.20. The third kappa shape index (κ3) is 5.50. The first kappa shape index (κ1) is 19.8. The quantitative estimate of drug-likeness (QED) is 0.380.